The van der Waals surface area contributed by atoms with Crippen LogP contribution in [0.2, 0.25) is 0 Å². The number of ether oxygens (including phenoxy) is 1. The molecule has 8 heteroatoms. The predicted molar refractivity (Wildman–Crippen MR) is 133 cm³/mol. The average molecular weight is 513 g/mol. The van der Waals surface area contributed by atoms with E-state index in [2.05, 4.69) is 26.2 Å². The van der Waals surface area contributed by atoms with E-state index < -0.39 is 6.04 Å². The molecule has 7 nitrogen and oxygen atoms in total. The number of hydrogen-bond acceptors (Lipinski definition) is 5. The molecule has 1 N–H and O–H groups in total. The Labute approximate surface area is 202 Å². The van der Waals surface area contributed by atoms with E-state index in [1.54, 1.807) is 21.6 Å². The van der Waals surface area contributed by atoms with Crippen LogP contribution in [-0.2, 0) is 6.54 Å². The van der Waals surface area contributed by atoms with E-state index in [0.717, 1.165) is 10.0 Å². The third kappa shape index (κ3) is 5.89. The number of carbonyl (C=O) groups is 1. The molecule has 0 aliphatic heterocycles. The lowest BCUT2D eigenvalue weighted by Gasteiger charge is -2.32. The molecule has 0 spiro atoms. The number of rotatable bonds is 10. The molecule has 2 aromatic carbocycles. The van der Waals surface area contributed by atoms with E-state index in [4.69, 9.17) is 4.74 Å². The summed E-state index contributed by atoms with van der Waals surface area (Å²) in [5.74, 6) is 0.597. The Hall–Kier alpha value is -2.97. The second-order valence-corrected chi connectivity index (χ2v) is 8.51. The van der Waals surface area contributed by atoms with Gasteiger partial charge >= 0.3 is 0 Å². The number of halogens is 1. The lowest BCUT2D eigenvalue weighted by Crippen LogP contribution is -2.42. The maximum atomic E-state index is 13.6. The summed E-state index contributed by atoms with van der Waals surface area (Å²) in [6, 6.07) is 16.6. The van der Waals surface area contributed by atoms with Gasteiger partial charge in [0.1, 0.15) is 5.82 Å². The number of amides is 1. The van der Waals surface area contributed by atoms with Gasteiger partial charge in [-0.25, -0.2) is 4.98 Å². The van der Waals surface area contributed by atoms with Gasteiger partial charge in [0.05, 0.1) is 25.9 Å². The van der Waals surface area contributed by atoms with Crippen LogP contribution in [0.25, 0.3) is 0 Å². The Balaban J connectivity index is 2.09. The standard InChI is InChI=1S/C25H29BrN4O3/c1-4-21(29(15-14-27-2)24(31)19-10-12-20(26)13-11-19)23-28-16-22(33-3)25(32)30(23)17-18-8-6-5-7-9-18/h5-13,16,21,27H,4,14-15,17H2,1-3H3. The monoisotopic (exact) mass is 512 g/mol. The summed E-state index contributed by atoms with van der Waals surface area (Å²) in [5.41, 5.74) is 1.28. The minimum absolute atomic E-state index is 0.110. The molecule has 0 saturated carbocycles. The first-order valence-electron chi connectivity index (χ1n) is 10.9. The van der Waals surface area contributed by atoms with Gasteiger partial charge in [0.25, 0.3) is 11.5 Å². The topological polar surface area (TPSA) is 76.5 Å². The molecule has 0 fully saturated rings. The van der Waals surface area contributed by atoms with Gasteiger partial charge in [0, 0.05) is 23.1 Å². The molecule has 3 rings (SSSR count). The van der Waals surface area contributed by atoms with Gasteiger partial charge in [-0.1, -0.05) is 53.2 Å². The van der Waals surface area contributed by atoms with Crippen molar-refractivity contribution in [2.45, 2.75) is 25.9 Å². The number of hydrogen-bond donors (Lipinski definition) is 1. The Morgan fingerprint density at radius 2 is 1.88 bits per heavy atom. The van der Waals surface area contributed by atoms with Crippen LogP contribution in [0, 0.1) is 0 Å². The number of likely N-dealkylation sites (N-methyl/N-ethyl adjacent to an activating group) is 1. The van der Waals surface area contributed by atoms with Crippen molar-refractivity contribution in [1.82, 2.24) is 19.8 Å². The van der Waals surface area contributed by atoms with Gasteiger partial charge in [0.2, 0.25) is 5.75 Å². The first kappa shape index (κ1) is 24.7. The van der Waals surface area contributed by atoms with Crippen molar-refractivity contribution in [3.8, 4) is 5.75 Å². The highest BCUT2D eigenvalue weighted by molar-refractivity contribution is 9.10. The number of carbonyl (C=O) groups excluding carboxylic acids is 1. The SMILES string of the molecule is CCC(c1ncc(OC)c(=O)n1Cc1ccccc1)N(CCNC)C(=O)c1ccc(Br)cc1. The number of nitrogens with one attached hydrogen (secondary N) is 1. The van der Waals surface area contributed by atoms with Crippen LogP contribution < -0.4 is 15.6 Å². The van der Waals surface area contributed by atoms with Gasteiger partial charge in [-0.15, -0.1) is 0 Å². The molecule has 0 radical (unpaired) electrons. The largest absolute Gasteiger partial charge is 0.490 e. The van der Waals surface area contributed by atoms with Crippen LogP contribution in [0.5, 0.6) is 5.75 Å². The highest BCUT2D eigenvalue weighted by Crippen LogP contribution is 2.26. The molecular weight excluding hydrogens is 484 g/mol. The Kier molecular flexibility index (Phi) is 8.79. The summed E-state index contributed by atoms with van der Waals surface area (Å²) in [7, 11) is 3.30. The first-order valence-corrected chi connectivity index (χ1v) is 11.7. The fourth-order valence-corrected chi connectivity index (χ4v) is 4.01. The molecule has 0 saturated heterocycles. The van der Waals surface area contributed by atoms with Crippen LogP contribution in [0.3, 0.4) is 0 Å². The fraction of sp³-hybridized carbons (Fsp3) is 0.320. The summed E-state index contributed by atoms with van der Waals surface area (Å²) in [6.45, 7) is 3.41. The highest BCUT2D eigenvalue weighted by atomic mass is 79.9. The van der Waals surface area contributed by atoms with Crippen molar-refractivity contribution in [2.24, 2.45) is 0 Å². The van der Waals surface area contributed by atoms with Crippen molar-refractivity contribution in [1.29, 1.82) is 0 Å². The van der Waals surface area contributed by atoms with E-state index in [1.165, 1.54) is 13.3 Å². The summed E-state index contributed by atoms with van der Waals surface area (Å²) in [5, 5.41) is 3.12. The maximum absolute atomic E-state index is 13.6. The zero-order chi connectivity index (χ0) is 23.8. The Bertz CT molecular complexity index is 1120. The highest BCUT2D eigenvalue weighted by Gasteiger charge is 2.29. The predicted octanol–water partition coefficient (Wildman–Crippen LogP) is 3.88. The third-order valence-electron chi connectivity index (χ3n) is 5.47. The number of aromatic nitrogens is 2. The molecule has 1 aromatic heterocycles. The van der Waals surface area contributed by atoms with Crippen molar-refractivity contribution in [3.05, 3.63) is 92.6 Å². The van der Waals surface area contributed by atoms with Crippen LogP contribution in [-0.4, -0.2) is 47.6 Å². The van der Waals surface area contributed by atoms with Crippen LogP contribution >= 0.6 is 15.9 Å². The minimum Gasteiger partial charge on any atom is -0.490 e. The summed E-state index contributed by atoms with van der Waals surface area (Å²) in [6.07, 6.45) is 2.04. The van der Waals surface area contributed by atoms with E-state index >= 15 is 0 Å². The molecule has 33 heavy (non-hydrogen) atoms. The molecule has 0 aliphatic carbocycles. The van der Waals surface area contributed by atoms with Crippen molar-refractivity contribution in [2.75, 3.05) is 27.2 Å². The second-order valence-electron chi connectivity index (χ2n) is 7.59. The number of benzene rings is 2. The first-order chi connectivity index (χ1) is 16.0. The molecule has 174 valence electrons. The number of nitrogens with zero attached hydrogens (tertiary/aromatic N) is 3. The Morgan fingerprint density at radius 1 is 1.18 bits per heavy atom. The summed E-state index contributed by atoms with van der Waals surface area (Å²) < 4.78 is 7.77. The Morgan fingerprint density at radius 3 is 2.48 bits per heavy atom. The lowest BCUT2D eigenvalue weighted by molar-refractivity contribution is 0.0659. The van der Waals surface area contributed by atoms with Gasteiger partial charge in [0.15, 0.2) is 0 Å². The van der Waals surface area contributed by atoms with Gasteiger partial charge < -0.3 is 15.0 Å². The van der Waals surface area contributed by atoms with Crippen LogP contribution in [0.4, 0.5) is 0 Å². The zero-order valence-corrected chi connectivity index (χ0v) is 20.7. The normalized spacial score (nSPS) is 11.8. The molecule has 3 aromatic rings. The van der Waals surface area contributed by atoms with E-state index in [0.29, 0.717) is 37.4 Å². The van der Waals surface area contributed by atoms with Gasteiger partial charge in [-0.05, 0) is 43.3 Å². The molecule has 1 heterocycles. The number of methoxy groups -OCH3 is 1. The molecule has 1 unspecified atom stereocenters. The molecule has 0 aliphatic rings. The smallest absolute Gasteiger partial charge is 0.296 e. The average Bonchev–Trinajstić information content (AvgIpc) is 2.84. The minimum atomic E-state index is -0.392. The third-order valence-corrected chi connectivity index (χ3v) is 5.99. The zero-order valence-electron chi connectivity index (χ0n) is 19.1. The lowest BCUT2D eigenvalue weighted by atomic mass is 10.1. The van der Waals surface area contributed by atoms with E-state index in [1.807, 2.05) is 56.4 Å². The quantitative estimate of drug-likeness (QED) is 0.446. The maximum Gasteiger partial charge on any atom is 0.296 e. The molecule has 0 bridgehead atoms. The molecular formula is C25H29BrN4O3. The molecule has 1 atom stereocenters. The molecule has 1 amide bonds. The van der Waals surface area contributed by atoms with Crippen molar-refractivity contribution in [3.63, 3.8) is 0 Å². The van der Waals surface area contributed by atoms with E-state index in [-0.39, 0.29) is 17.2 Å². The summed E-state index contributed by atoms with van der Waals surface area (Å²) >= 11 is 3.42. The van der Waals surface area contributed by atoms with Gasteiger partial charge in [-0.2, -0.15) is 0 Å². The summed E-state index contributed by atoms with van der Waals surface area (Å²) in [4.78, 5) is 33.2. The second kappa shape index (κ2) is 11.8. The van der Waals surface area contributed by atoms with Crippen LogP contribution in [0.15, 0.2) is 70.1 Å². The van der Waals surface area contributed by atoms with Crippen LogP contribution in [0.1, 0.15) is 41.1 Å². The van der Waals surface area contributed by atoms with Gasteiger partial charge in [-0.3, -0.25) is 14.2 Å². The van der Waals surface area contributed by atoms with Crippen molar-refractivity contribution < 1.29 is 9.53 Å². The van der Waals surface area contributed by atoms with Crippen molar-refractivity contribution >= 4 is 21.8 Å². The fourth-order valence-electron chi connectivity index (χ4n) is 3.74. The van der Waals surface area contributed by atoms with E-state index in [9.17, 15) is 9.59 Å².